The molecule has 1 aromatic heterocycles. The molecular weight excluding hydrogens is 194 g/mol. The van der Waals surface area contributed by atoms with E-state index in [0.717, 1.165) is 11.9 Å². The summed E-state index contributed by atoms with van der Waals surface area (Å²) in [7, 11) is 0. The van der Waals surface area contributed by atoms with E-state index in [4.69, 9.17) is 0 Å². The normalized spacial score (nSPS) is 10.9. The van der Waals surface area contributed by atoms with Gasteiger partial charge in [0, 0.05) is 11.1 Å². The van der Waals surface area contributed by atoms with Gasteiger partial charge in [0.05, 0.1) is 5.52 Å². The minimum absolute atomic E-state index is 1.11. The Hall–Kier alpha value is -1.37. The summed E-state index contributed by atoms with van der Waals surface area (Å²) in [6, 6.07) is 10.8. The quantitative estimate of drug-likeness (QED) is 0.691. The summed E-state index contributed by atoms with van der Waals surface area (Å²) < 4.78 is 0. The number of fused-ring (bicyclic) bond motifs is 1. The highest BCUT2D eigenvalue weighted by Gasteiger charge is 1.98. The zero-order chi connectivity index (χ0) is 11.4. The predicted molar refractivity (Wildman–Crippen MR) is 69.7 cm³/mol. The Balaban J connectivity index is 2.20. The van der Waals surface area contributed by atoms with Crippen molar-refractivity contribution < 1.29 is 0 Å². The van der Waals surface area contributed by atoms with Crippen LogP contribution in [0.5, 0.6) is 0 Å². The summed E-state index contributed by atoms with van der Waals surface area (Å²) in [5, 5.41) is 1.25. The van der Waals surface area contributed by atoms with Crippen LogP contribution in [0.15, 0.2) is 30.3 Å². The summed E-state index contributed by atoms with van der Waals surface area (Å²) in [5.41, 5.74) is 3.65. The van der Waals surface area contributed by atoms with Crippen LogP contribution in [-0.2, 0) is 6.42 Å². The third-order valence-corrected chi connectivity index (χ3v) is 2.94. The van der Waals surface area contributed by atoms with E-state index < -0.39 is 0 Å². The van der Waals surface area contributed by atoms with E-state index in [1.165, 1.54) is 35.9 Å². The first-order valence-corrected chi connectivity index (χ1v) is 6.16. The van der Waals surface area contributed by atoms with Gasteiger partial charge in [-0.15, -0.1) is 0 Å². The zero-order valence-corrected chi connectivity index (χ0v) is 10.2. The Bertz CT molecular complexity index is 474. The van der Waals surface area contributed by atoms with Crippen LogP contribution >= 0.6 is 0 Å². The summed E-state index contributed by atoms with van der Waals surface area (Å²) in [5.74, 6) is 0. The highest BCUT2D eigenvalue weighted by atomic mass is 14.7. The lowest BCUT2D eigenvalue weighted by molar-refractivity contribution is 0.709. The number of nitrogens with zero attached hydrogens (tertiary/aromatic N) is 1. The van der Waals surface area contributed by atoms with Crippen LogP contribution in [0.4, 0.5) is 0 Å². The van der Waals surface area contributed by atoms with Gasteiger partial charge in [-0.1, -0.05) is 37.5 Å². The smallest absolute Gasteiger partial charge is 0.0705 e. The first-order valence-electron chi connectivity index (χ1n) is 6.16. The van der Waals surface area contributed by atoms with Gasteiger partial charge in [-0.3, -0.25) is 4.98 Å². The van der Waals surface area contributed by atoms with Crippen molar-refractivity contribution in [1.82, 2.24) is 4.98 Å². The Morgan fingerprint density at radius 1 is 1.06 bits per heavy atom. The van der Waals surface area contributed by atoms with Crippen molar-refractivity contribution in [2.75, 3.05) is 0 Å². The lowest BCUT2D eigenvalue weighted by atomic mass is 10.1. The number of rotatable bonds is 4. The van der Waals surface area contributed by atoms with E-state index in [1.807, 2.05) is 0 Å². The molecule has 84 valence electrons. The molecule has 2 aromatic rings. The Morgan fingerprint density at radius 3 is 2.75 bits per heavy atom. The Morgan fingerprint density at radius 2 is 1.94 bits per heavy atom. The molecule has 0 unspecified atom stereocenters. The van der Waals surface area contributed by atoms with E-state index in [0.29, 0.717) is 0 Å². The maximum Gasteiger partial charge on any atom is 0.0705 e. The average molecular weight is 213 g/mol. The molecule has 2 rings (SSSR count). The van der Waals surface area contributed by atoms with Gasteiger partial charge in [0.25, 0.3) is 0 Å². The topological polar surface area (TPSA) is 12.9 Å². The summed E-state index contributed by atoms with van der Waals surface area (Å²) in [6.45, 7) is 4.35. The molecule has 1 heteroatoms. The van der Waals surface area contributed by atoms with Gasteiger partial charge in [0.1, 0.15) is 0 Å². The van der Waals surface area contributed by atoms with Crippen molar-refractivity contribution in [3.05, 3.63) is 41.6 Å². The summed E-state index contributed by atoms with van der Waals surface area (Å²) >= 11 is 0. The molecule has 0 N–H and O–H groups in total. The van der Waals surface area contributed by atoms with Crippen LogP contribution in [0.2, 0.25) is 0 Å². The zero-order valence-electron chi connectivity index (χ0n) is 10.2. The fourth-order valence-electron chi connectivity index (χ4n) is 1.98. The van der Waals surface area contributed by atoms with E-state index in [9.17, 15) is 0 Å². The number of hydrogen-bond donors (Lipinski definition) is 0. The molecule has 0 saturated carbocycles. The fourth-order valence-corrected chi connectivity index (χ4v) is 1.98. The molecule has 0 atom stereocenters. The van der Waals surface area contributed by atoms with Gasteiger partial charge in [-0.25, -0.2) is 0 Å². The van der Waals surface area contributed by atoms with Crippen LogP contribution in [0.3, 0.4) is 0 Å². The van der Waals surface area contributed by atoms with Crippen molar-refractivity contribution in [2.24, 2.45) is 0 Å². The van der Waals surface area contributed by atoms with E-state index in [-0.39, 0.29) is 0 Å². The SMILES string of the molecule is CCCCCc1ccc2cc(C)ccc2n1. The number of aromatic nitrogens is 1. The molecule has 1 aromatic carbocycles. The number of hydrogen-bond acceptors (Lipinski definition) is 1. The number of aryl methyl sites for hydroxylation is 2. The molecule has 0 amide bonds. The molecule has 0 bridgehead atoms. The second kappa shape index (κ2) is 5.11. The lowest BCUT2D eigenvalue weighted by Crippen LogP contribution is -1.91. The van der Waals surface area contributed by atoms with Crippen LogP contribution in [0.25, 0.3) is 10.9 Å². The Labute approximate surface area is 97.5 Å². The average Bonchev–Trinajstić information content (AvgIpc) is 2.29. The molecule has 0 aliphatic rings. The molecule has 0 spiro atoms. The highest BCUT2D eigenvalue weighted by molar-refractivity contribution is 5.79. The molecule has 0 aliphatic heterocycles. The standard InChI is InChI=1S/C15H19N/c1-3-4-5-6-14-9-8-13-11-12(2)7-10-15(13)16-14/h7-11H,3-6H2,1-2H3. The van der Waals surface area contributed by atoms with Gasteiger partial charge < -0.3 is 0 Å². The molecular formula is C15H19N. The van der Waals surface area contributed by atoms with Gasteiger partial charge >= 0.3 is 0 Å². The molecule has 0 aliphatic carbocycles. The molecule has 0 fully saturated rings. The minimum Gasteiger partial charge on any atom is -0.253 e. The highest BCUT2D eigenvalue weighted by Crippen LogP contribution is 2.15. The van der Waals surface area contributed by atoms with Crippen molar-refractivity contribution in [2.45, 2.75) is 39.5 Å². The molecule has 0 radical (unpaired) electrons. The lowest BCUT2D eigenvalue weighted by Gasteiger charge is -2.03. The second-order valence-corrected chi connectivity index (χ2v) is 4.46. The van der Waals surface area contributed by atoms with Crippen LogP contribution in [0, 0.1) is 6.92 Å². The number of unbranched alkanes of at least 4 members (excludes halogenated alkanes) is 2. The number of pyridine rings is 1. The number of benzene rings is 1. The van der Waals surface area contributed by atoms with Crippen molar-refractivity contribution in [3.63, 3.8) is 0 Å². The molecule has 0 saturated heterocycles. The van der Waals surface area contributed by atoms with E-state index >= 15 is 0 Å². The molecule has 1 heterocycles. The maximum atomic E-state index is 4.69. The first kappa shape index (κ1) is 11.1. The maximum absolute atomic E-state index is 4.69. The van der Waals surface area contributed by atoms with Gasteiger partial charge in [-0.2, -0.15) is 0 Å². The van der Waals surface area contributed by atoms with Crippen molar-refractivity contribution >= 4 is 10.9 Å². The van der Waals surface area contributed by atoms with Crippen LogP contribution in [0.1, 0.15) is 37.4 Å². The first-order chi connectivity index (χ1) is 7.79. The van der Waals surface area contributed by atoms with Crippen molar-refractivity contribution in [3.8, 4) is 0 Å². The summed E-state index contributed by atoms with van der Waals surface area (Å²) in [4.78, 5) is 4.69. The largest absolute Gasteiger partial charge is 0.253 e. The van der Waals surface area contributed by atoms with Crippen molar-refractivity contribution in [1.29, 1.82) is 0 Å². The van der Waals surface area contributed by atoms with E-state index in [1.54, 1.807) is 0 Å². The Kier molecular flexibility index (Phi) is 3.55. The molecule has 1 nitrogen and oxygen atoms in total. The van der Waals surface area contributed by atoms with E-state index in [2.05, 4.69) is 49.2 Å². The van der Waals surface area contributed by atoms with Gasteiger partial charge in [0.2, 0.25) is 0 Å². The van der Waals surface area contributed by atoms with Crippen LogP contribution < -0.4 is 0 Å². The third kappa shape index (κ3) is 2.60. The van der Waals surface area contributed by atoms with Crippen LogP contribution in [-0.4, -0.2) is 4.98 Å². The minimum atomic E-state index is 1.11. The van der Waals surface area contributed by atoms with Gasteiger partial charge in [-0.05, 0) is 38.0 Å². The predicted octanol–water partition coefficient (Wildman–Crippen LogP) is 4.28. The second-order valence-electron chi connectivity index (χ2n) is 4.46. The molecule has 16 heavy (non-hydrogen) atoms. The summed E-state index contributed by atoms with van der Waals surface area (Å²) in [6.07, 6.45) is 4.93. The monoisotopic (exact) mass is 213 g/mol. The van der Waals surface area contributed by atoms with Gasteiger partial charge in [0.15, 0.2) is 0 Å². The third-order valence-electron chi connectivity index (χ3n) is 2.94. The fraction of sp³-hybridized carbons (Fsp3) is 0.400.